The van der Waals surface area contributed by atoms with E-state index < -0.39 is 6.04 Å². The van der Waals surface area contributed by atoms with Crippen molar-refractivity contribution in [2.24, 2.45) is 7.05 Å². The SMILES string of the molecule is Cc1ccc([C@H]2c3c(C)nn(C)c3NC(=O)[C@@H]2NC(=O)c2ccccc2)cc1. The van der Waals surface area contributed by atoms with Crippen LogP contribution < -0.4 is 10.6 Å². The summed E-state index contributed by atoms with van der Waals surface area (Å²) < 4.78 is 1.68. The van der Waals surface area contributed by atoms with Gasteiger partial charge in [0.1, 0.15) is 11.9 Å². The van der Waals surface area contributed by atoms with Crippen molar-refractivity contribution in [1.29, 1.82) is 0 Å². The van der Waals surface area contributed by atoms with Gasteiger partial charge in [0, 0.05) is 24.1 Å². The van der Waals surface area contributed by atoms with Gasteiger partial charge in [-0.25, -0.2) is 0 Å². The van der Waals surface area contributed by atoms with E-state index in [-0.39, 0.29) is 17.7 Å². The Labute approximate surface area is 163 Å². The van der Waals surface area contributed by atoms with Crippen molar-refractivity contribution < 1.29 is 9.59 Å². The van der Waals surface area contributed by atoms with Gasteiger partial charge in [-0.2, -0.15) is 5.10 Å². The van der Waals surface area contributed by atoms with E-state index in [9.17, 15) is 9.59 Å². The van der Waals surface area contributed by atoms with E-state index in [1.807, 2.05) is 44.2 Å². The van der Waals surface area contributed by atoms with Gasteiger partial charge in [0.2, 0.25) is 5.91 Å². The summed E-state index contributed by atoms with van der Waals surface area (Å²) in [6, 6.07) is 16.2. The van der Waals surface area contributed by atoms with E-state index in [0.29, 0.717) is 11.4 Å². The molecule has 0 radical (unpaired) electrons. The van der Waals surface area contributed by atoms with Gasteiger partial charge in [0.25, 0.3) is 5.91 Å². The monoisotopic (exact) mass is 374 g/mol. The number of hydrogen-bond acceptors (Lipinski definition) is 3. The molecule has 0 aliphatic carbocycles. The van der Waals surface area contributed by atoms with Crippen molar-refractivity contribution in [3.8, 4) is 0 Å². The lowest BCUT2D eigenvalue weighted by Gasteiger charge is -2.32. The van der Waals surface area contributed by atoms with E-state index in [4.69, 9.17) is 0 Å². The van der Waals surface area contributed by atoms with Gasteiger partial charge in [-0.05, 0) is 31.5 Å². The van der Waals surface area contributed by atoms with Gasteiger partial charge >= 0.3 is 0 Å². The van der Waals surface area contributed by atoms with E-state index in [0.717, 1.165) is 22.4 Å². The number of rotatable bonds is 3. The highest BCUT2D eigenvalue weighted by Gasteiger charge is 2.41. The maximum Gasteiger partial charge on any atom is 0.251 e. The Bertz CT molecular complexity index is 1040. The molecule has 2 atom stereocenters. The summed E-state index contributed by atoms with van der Waals surface area (Å²) in [5.41, 5.74) is 4.39. The van der Waals surface area contributed by atoms with Crippen LogP contribution in [0.25, 0.3) is 0 Å². The molecule has 2 amide bonds. The number of nitrogens with zero attached hydrogens (tertiary/aromatic N) is 2. The van der Waals surface area contributed by atoms with Crippen molar-refractivity contribution in [3.63, 3.8) is 0 Å². The van der Waals surface area contributed by atoms with E-state index in [2.05, 4.69) is 15.7 Å². The third-order valence-electron chi connectivity index (χ3n) is 5.20. The number of hydrogen-bond donors (Lipinski definition) is 2. The number of aryl methyl sites for hydroxylation is 3. The summed E-state index contributed by atoms with van der Waals surface area (Å²) in [4.78, 5) is 25.7. The minimum Gasteiger partial charge on any atom is -0.339 e. The average molecular weight is 374 g/mol. The minimum absolute atomic E-state index is 0.245. The van der Waals surface area contributed by atoms with Crippen LogP contribution in [0.4, 0.5) is 5.82 Å². The smallest absolute Gasteiger partial charge is 0.251 e. The molecule has 1 aromatic heterocycles. The molecule has 2 heterocycles. The number of anilines is 1. The first-order valence-corrected chi connectivity index (χ1v) is 9.22. The highest BCUT2D eigenvalue weighted by atomic mass is 16.2. The van der Waals surface area contributed by atoms with Crippen LogP contribution in [0.2, 0.25) is 0 Å². The zero-order chi connectivity index (χ0) is 19.8. The molecule has 2 aromatic carbocycles. The van der Waals surface area contributed by atoms with Gasteiger partial charge in [-0.1, -0.05) is 48.0 Å². The first-order chi connectivity index (χ1) is 13.5. The second kappa shape index (κ2) is 6.96. The molecule has 0 saturated heterocycles. The molecule has 3 aromatic rings. The summed E-state index contributed by atoms with van der Waals surface area (Å²) in [7, 11) is 1.81. The lowest BCUT2D eigenvalue weighted by atomic mass is 9.81. The predicted molar refractivity (Wildman–Crippen MR) is 107 cm³/mol. The van der Waals surface area contributed by atoms with Crippen molar-refractivity contribution in [1.82, 2.24) is 15.1 Å². The number of carbonyl (C=O) groups excluding carboxylic acids is 2. The Morgan fingerprint density at radius 1 is 1.07 bits per heavy atom. The molecule has 1 aliphatic heterocycles. The van der Waals surface area contributed by atoms with Crippen molar-refractivity contribution in [3.05, 3.63) is 82.5 Å². The van der Waals surface area contributed by atoms with Crippen molar-refractivity contribution in [2.75, 3.05) is 5.32 Å². The zero-order valence-electron chi connectivity index (χ0n) is 16.1. The van der Waals surface area contributed by atoms with Crippen LogP contribution in [0.5, 0.6) is 0 Å². The second-order valence-electron chi connectivity index (χ2n) is 7.17. The van der Waals surface area contributed by atoms with E-state index in [1.165, 1.54) is 0 Å². The van der Waals surface area contributed by atoms with Gasteiger partial charge < -0.3 is 10.6 Å². The normalized spacial score (nSPS) is 18.3. The summed E-state index contributed by atoms with van der Waals surface area (Å²) in [6.45, 7) is 3.94. The number of benzene rings is 2. The summed E-state index contributed by atoms with van der Waals surface area (Å²) in [5.74, 6) is -0.155. The van der Waals surface area contributed by atoms with Crippen LogP contribution in [0.15, 0.2) is 54.6 Å². The molecule has 142 valence electrons. The van der Waals surface area contributed by atoms with Crippen molar-refractivity contribution >= 4 is 17.6 Å². The number of carbonyl (C=O) groups is 2. The van der Waals surface area contributed by atoms with Crippen LogP contribution in [-0.2, 0) is 11.8 Å². The fraction of sp³-hybridized carbons (Fsp3) is 0.227. The minimum atomic E-state index is -0.731. The topological polar surface area (TPSA) is 76.0 Å². The quantitative estimate of drug-likeness (QED) is 0.740. The average Bonchev–Trinajstić information content (AvgIpc) is 2.97. The zero-order valence-corrected chi connectivity index (χ0v) is 16.1. The highest BCUT2D eigenvalue weighted by molar-refractivity contribution is 6.03. The third-order valence-corrected chi connectivity index (χ3v) is 5.20. The maximum atomic E-state index is 13.0. The summed E-state index contributed by atoms with van der Waals surface area (Å²) in [6.07, 6.45) is 0. The van der Waals surface area contributed by atoms with E-state index >= 15 is 0 Å². The third kappa shape index (κ3) is 3.07. The van der Waals surface area contributed by atoms with E-state index in [1.54, 1.807) is 36.0 Å². The Hall–Kier alpha value is -3.41. The number of aromatic nitrogens is 2. The first kappa shape index (κ1) is 18.0. The van der Waals surface area contributed by atoms with Crippen LogP contribution >= 0.6 is 0 Å². The highest BCUT2D eigenvalue weighted by Crippen LogP contribution is 2.39. The fourth-order valence-corrected chi connectivity index (χ4v) is 3.80. The summed E-state index contributed by atoms with van der Waals surface area (Å²) in [5, 5.41) is 10.3. The molecule has 28 heavy (non-hydrogen) atoms. The lowest BCUT2D eigenvalue weighted by molar-refractivity contribution is -0.118. The predicted octanol–water partition coefficient (Wildman–Crippen LogP) is 2.92. The molecule has 1 aliphatic rings. The van der Waals surface area contributed by atoms with Gasteiger partial charge in [0.15, 0.2) is 0 Å². The van der Waals surface area contributed by atoms with Crippen LogP contribution in [-0.4, -0.2) is 27.6 Å². The molecule has 4 rings (SSSR count). The molecule has 0 bridgehead atoms. The molecule has 2 N–H and O–H groups in total. The fourth-order valence-electron chi connectivity index (χ4n) is 3.80. The maximum absolute atomic E-state index is 13.0. The molecule has 6 heteroatoms. The van der Waals surface area contributed by atoms with Gasteiger partial charge in [0.05, 0.1) is 5.69 Å². The lowest BCUT2D eigenvalue weighted by Crippen LogP contribution is -2.50. The Morgan fingerprint density at radius 3 is 2.43 bits per heavy atom. The number of amides is 2. The molecule has 0 saturated carbocycles. The molecular weight excluding hydrogens is 352 g/mol. The first-order valence-electron chi connectivity index (χ1n) is 9.22. The van der Waals surface area contributed by atoms with Crippen LogP contribution in [0.1, 0.15) is 38.7 Å². The number of fused-ring (bicyclic) bond motifs is 1. The molecule has 6 nitrogen and oxygen atoms in total. The molecular formula is C22H22N4O2. The number of nitrogens with one attached hydrogen (secondary N) is 2. The van der Waals surface area contributed by atoms with Crippen LogP contribution in [0.3, 0.4) is 0 Å². The Morgan fingerprint density at radius 2 is 1.75 bits per heavy atom. The van der Waals surface area contributed by atoms with Crippen LogP contribution in [0, 0.1) is 13.8 Å². The van der Waals surface area contributed by atoms with Gasteiger partial charge in [-0.3, -0.25) is 14.3 Å². The molecule has 0 spiro atoms. The molecule has 0 unspecified atom stereocenters. The molecule has 0 fully saturated rings. The largest absolute Gasteiger partial charge is 0.339 e. The Kier molecular flexibility index (Phi) is 4.47. The summed E-state index contributed by atoms with van der Waals surface area (Å²) >= 11 is 0. The standard InChI is InChI=1S/C22H22N4O2/c1-13-9-11-15(12-10-13)18-17-14(2)25-26(3)20(17)24-22(28)19(18)23-21(27)16-7-5-4-6-8-16/h4-12,18-19H,1-3H3,(H,23,27)(H,24,28)/t18-,19+/m0/s1. The van der Waals surface area contributed by atoms with Crippen molar-refractivity contribution in [2.45, 2.75) is 25.8 Å². The second-order valence-corrected chi connectivity index (χ2v) is 7.17. The Balaban J connectivity index is 1.79. The van der Waals surface area contributed by atoms with Gasteiger partial charge in [-0.15, -0.1) is 0 Å².